The van der Waals surface area contributed by atoms with Crippen LogP contribution in [0.5, 0.6) is 0 Å². The van der Waals surface area contributed by atoms with E-state index in [-0.39, 0.29) is 18.4 Å². The molecule has 21 heavy (non-hydrogen) atoms. The lowest BCUT2D eigenvalue weighted by molar-refractivity contribution is -0.122. The fourth-order valence-electron chi connectivity index (χ4n) is 2.31. The summed E-state index contributed by atoms with van der Waals surface area (Å²) in [5.74, 6) is 0.605. The number of carbonyl (C=O) groups excluding carboxylic acids is 1. The topological polar surface area (TPSA) is 62.5 Å². The maximum Gasteiger partial charge on any atom is 0.220 e. The summed E-state index contributed by atoms with van der Waals surface area (Å²) in [6.45, 7) is 2.24. The quantitative estimate of drug-likeness (QED) is 0.823. The molecule has 0 spiro atoms. The molecule has 0 saturated heterocycles. The van der Waals surface area contributed by atoms with Crippen LogP contribution in [0.1, 0.15) is 43.1 Å². The summed E-state index contributed by atoms with van der Waals surface area (Å²) in [5, 5.41) is 12.6. The molecule has 0 fully saturated rings. The molecule has 0 aliphatic heterocycles. The Morgan fingerprint density at radius 3 is 2.62 bits per heavy atom. The van der Waals surface area contributed by atoms with Crippen LogP contribution < -0.4 is 5.32 Å². The lowest BCUT2D eigenvalue weighted by Gasteiger charge is -2.16. The van der Waals surface area contributed by atoms with Crippen molar-refractivity contribution in [3.05, 3.63) is 60.1 Å². The summed E-state index contributed by atoms with van der Waals surface area (Å²) < 4.78 is 5.10. The molecule has 2 aromatic rings. The molecule has 4 nitrogen and oxygen atoms in total. The van der Waals surface area contributed by atoms with Gasteiger partial charge < -0.3 is 14.8 Å². The summed E-state index contributed by atoms with van der Waals surface area (Å²) in [6, 6.07) is 13.4. The third kappa shape index (κ3) is 4.46. The molecular weight excluding hydrogens is 266 g/mol. The minimum atomic E-state index is -0.805. The Bertz CT molecular complexity index is 536. The predicted octanol–water partition coefficient (Wildman–Crippen LogP) is 3.01. The van der Waals surface area contributed by atoms with Crippen molar-refractivity contribution in [3.63, 3.8) is 0 Å². The lowest BCUT2D eigenvalue weighted by Crippen LogP contribution is -2.29. The Morgan fingerprint density at radius 2 is 2.00 bits per heavy atom. The molecule has 1 aromatic carbocycles. The number of furan rings is 1. The summed E-state index contributed by atoms with van der Waals surface area (Å²) in [7, 11) is 0. The van der Waals surface area contributed by atoms with Crippen LogP contribution in [0.4, 0.5) is 0 Å². The number of rotatable bonds is 7. The fraction of sp³-hybridized carbons (Fsp3) is 0.353. The van der Waals surface area contributed by atoms with Gasteiger partial charge in [0.05, 0.1) is 12.8 Å². The van der Waals surface area contributed by atoms with E-state index in [0.717, 1.165) is 6.42 Å². The van der Waals surface area contributed by atoms with Gasteiger partial charge in [-0.15, -0.1) is 0 Å². The van der Waals surface area contributed by atoms with Gasteiger partial charge in [0, 0.05) is 6.42 Å². The van der Waals surface area contributed by atoms with Crippen molar-refractivity contribution in [2.24, 2.45) is 0 Å². The molecule has 0 saturated carbocycles. The van der Waals surface area contributed by atoms with Crippen molar-refractivity contribution < 1.29 is 14.3 Å². The van der Waals surface area contributed by atoms with Crippen LogP contribution >= 0.6 is 0 Å². The number of aliphatic hydroxyl groups excluding tert-OH is 1. The lowest BCUT2D eigenvalue weighted by atomic mass is 9.93. The van der Waals surface area contributed by atoms with E-state index in [9.17, 15) is 9.90 Å². The van der Waals surface area contributed by atoms with Gasteiger partial charge in [-0.25, -0.2) is 0 Å². The average Bonchev–Trinajstić information content (AvgIpc) is 3.05. The predicted molar refractivity (Wildman–Crippen MR) is 80.8 cm³/mol. The molecule has 112 valence electrons. The SMILES string of the molecule is CCC(CC(=O)NCC(O)c1ccco1)c1ccccc1. The average molecular weight is 287 g/mol. The highest BCUT2D eigenvalue weighted by atomic mass is 16.4. The molecule has 4 heteroatoms. The zero-order chi connectivity index (χ0) is 15.1. The van der Waals surface area contributed by atoms with Crippen molar-refractivity contribution in [3.8, 4) is 0 Å². The third-order valence-corrected chi connectivity index (χ3v) is 3.56. The molecule has 2 unspecified atom stereocenters. The summed E-state index contributed by atoms with van der Waals surface area (Å²) in [6.07, 6.45) is 2.02. The Morgan fingerprint density at radius 1 is 1.24 bits per heavy atom. The molecule has 0 aliphatic rings. The molecule has 1 amide bonds. The molecule has 0 bridgehead atoms. The van der Waals surface area contributed by atoms with Crippen LogP contribution in [0.15, 0.2) is 53.1 Å². The molecule has 2 N–H and O–H groups in total. The zero-order valence-corrected chi connectivity index (χ0v) is 12.2. The Labute approximate surface area is 124 Å². The second-order valence-electron chi connectivity index (χ2n) is 5.06. The van der Waals surface area contributed by atoms with Crippen LogP contribution in [0.25, 0.3) is 0 Å². The van der Waals surface area contributed by atoms with Crippen LogP contribution in [0.2, 0.25) is 0 Å². The summed E-state index contributed by atoms with van der Waals surface area (Å²) in [5.41, 5.74) is 1.17. The highest BCUT2D eigenvalue weighted by molar-refractivity contribution is 5.76. The number of benzene rings is 1. The third-order valence-electron chi connectivity index (χ3n) is 3.56. The minimum Gasteiger partial charge on any atom is -0.467 e. The standard InChI is InChI=1S/C17H21NO3/c1-2-13(14-7-4-3-5-8-14)11-17(20)18-12-15(19)16-9-6-10-21-16/h3-10,13,15,19H,2,11-12H2,1H3,(H,18,20). The number of hydrogen-bond donors (Lipinski definition) is 2. The van der Waals surface area contributed by atoms with Crippen LogP contribution in [0, 0.1) is 0 Å². The smallest absolute Gasteiger partial charge is 0.220 e. The van der Waals surface area contributed by atoms with Crippen molar-refractivity contribution in [2.45, 2.75) is 31.8 Å². The normalized spacial score (nSPS) is 13.6. The van der Waals surface area contributed by atoms with Crippen LogP contribution in [-0.4, -0.2) is 17.6 Å². The van der Waals surface area contributed by atoms with Crippen molar-refractivity contribution in [1.29, 1.82) is 0 Å². The number of nitrogens with one attached hydrogen (secondary N) is 1. The van der Waals surface area contributed by atoms with Gasteiger partial charge >= 0.3 is 0 Å². The molecule has 2 rings (SSSR count). The van der Waals surface area contributed by atoms with Gasteiger partial charge in [0.15, 0.2) is 0 Å². The van der Waals surface area contributed by atoms with Gasteiger partial charge in [-0.2, -0.15) is 0 Å². The van der Waals surface area contributed by atoms with Crippen molar-refractivity contribution >= 4 is 5.91 Å². The zero-order valence-electron chi connectivity index (χ0n) is 12.2. The van der Waals surface area contributed by atoms with Crippen LogP contribution in [0.3, 0.4) is 0 Å². The molecule has 1 heterocycles. The Balaban J connectivity index is 1.83. The first-order valence-corrected chi connectivity index (χ1v) is 7.23. The van der Waals surface area contributed by atoms with E-state index in [0.29, 0.717) is 12.2 Å². The number of amides is 1. The highest BCUT2D eigenvalue weighted by Crippen LogP contribution is 2.22. The van der Waals surface area contributed by atoms with Gasteiger partial charge in [0.2, 0.25) is 5.91 Å². The largest absolute Gasteiger partial charge is 0.467 e. The first-order chi connectivity index (χ1) is 10.2. The second-order valence-corrected chi connectivity index (χ2v) is 5.06. The van der Waals surface area contributed by atoms with Gasteiger partial charge in [-0.05, 0) is 30.0 Å². The van der Waals surface area contributed by atoms with E-state index in [2.05, 4.69) is 12.2 Å². The summed E-state index contributed by atoms with van der Waals surface area (Å²) >= 11 is 0. The van der Waals surface area contributed by atoms with Crippen LogP contribution in [-0.2, 0) is 4.79 Å². The van der Waals surface area contributed by atoms with Crippen molar-refractivity contribution in [2.75, 3.05) is 6.54 Å². The maximum atomic E-state index is 12.0. The fourth-order valence-corrected chi connectivity index (χ4v) is 2.31. The van der Waals surface area contributed by atoms with E-state index in [4.69, 9.17) is 4.42 Å². The van der Waals surface area contributed by atoms with E-state index < -0.39 is 6.10 Å². The first kappa shape index (κ1) is 15.3. The van der Waals surface area contributed by atoms with Gasteiger partial charge in [-0.3, -0.25) is 4.79 Å². The first-order valence-electron chi connectivity index (χ1n) is 7.23. The van der Waals surface area contributed by atoms with Crippen molar-refractivity contribution in [1.82, 2.24) is 5.32 Å². The maximum absolute atomic E-state index is 12.0. The van der Waals surface area contributed by atoms with E-state index in [1.54, 1.807) is 12.1 Å². The molecule has 0 aliphatic carbocycles. The van der Waals surface area contributed by atoms with Gasteiger partial charge in [0.25, 0.3) is 0 Å². The molecular formula is C17H21NO3. The number of carbonyl (C=O) groups is 1. The van der Waals surface area contributed by atoms with Gasteiger partial charge in [-0.1, -0.05) is 37.3 Å². The van der Waals surface area contributed by atoms with E-state index in [1.165, 1.54) is 11.8 Å². The number of aliphatic hydroxyl groups is 1. The summed E-state index contributed by atoms with van der Waals surface area (Å²) in [4.78, 5) is 12.0. The Hall–Kier alpha value is -2.07. The van der Waals surface area contributed by atoms with E-state index >= 15 is 0 Å². The minimum absolute atomic E-state index is 0.0590. The van der Waals surface area contributed by atoms with E-state index in [1.807, 2.05) is 30.3 Å². The highest BCUT2D eigenvalue weighted by Gasteiger charge is 2.16. The van der Waals surface area contributed by atoms with Gasteiger partial charge in [0.1, 0.15) is 11.9 Å². The molecule has 0 radical (unpaired) electrons. The second kappa shape index (κ2) is 7.64. The Kier molecular flexibility index (Phi) is 5.58. The molecule has 1 aromatic heterocycles. The number of hydrogen-bond acceptors (Lipinski definition) is 3. The molecule has 2 atom stereocenters. The monoisotopic (exact) mass is 287 g/mol.